The molecule has 3 N–H and O–H groups in total. The number of hydrogen-bond donors (Lipinski definition) is 2. The molecule has 17 heavy (non-hydrogen) atoms. The Hall–Kier alpha value is -1.26. The third-order valence-corrected chi connectivity index (χ3v) is 2.63. The van der Waals surface area contributed by atoms with Gasteiger partial charge in [0.05, 0.1) is 11.7 Å². The van der Waals surface area contributed by atoms with Crippen molar-refractivity contribution in [2.24, 2.45) is 5.73 Å². The average molecular weight is 257 g/mol. The van der Waals surface area contributed by atoms with Crippen LogP contribution < -0.4 is 10.5 Å². The zero-order chi connectivity index (χ0) is 11.4. The SMILES string of the molecule is Cl.N=C(N)c1ccccc1OCC1CCCO1. The summed E-state index contributed by atoms with van der Waals surface area (Å²) in [4.78, 5) is 0. The van der Waals surface area contributed by atoms with Gasteiger partial charge in [0.1, 0.15) is 18.2 Å². The van der Waals surface area contributed by atoms with Crippen LogP contribution in [0.5, 0.6) is 5.75 Å². The van der Waals surface area contributed by atoms with Gasteiger partial charge in [0.2, 0.25) is 0 Å². The molecule has 1 unspecified atom stereocenters. The lowest BCUT2D eigenvalue weighted by Gasteiger charge is -2.13. The molecule has 0 aliphatic carbocycles. The number of nitrogens with one attached hydrogen (secondary N) is 1. The van der Waals surface area contributed by atoms with Gasteiger partial charge < -0.3 is 15.2 Å². The lowest BCUT2D eigenvalue weighted by atomic mass is 10.2. The minimum Gasteiger partial charge on any atom is -0.490 e. The van der Waals surface area contributed by atoms with Crippen LogP contribution in [0.15, 0.2) is 24.3 Å². The van der Waals surface area contributed by atoms with Crippen LogP contribution in [-0.2, 0) is 4.74 Å². The Morgan fingerprint density at radius 1 is 1.47 bits per heavy atom. The summed E-state index contributed by atoms with van der Waals surface area (Å²) in [6.45, 7) is 1.35. The van der Waals surface area contributed by atoms with Crippen LogP contribution in [0.25, 0.3) is 0 Å². The molecule has 1 aromatic carbocycles. The van der Waals surface area contributed by atoms with Crippen molar-refractivity contribution in [1.29, 1.82) is 5.41 Å². The molecule has 5 heteroatoms. The first-order valence-corrected chi connectivity index (χ1v) is 5.45. The van der Waals surface area contributed by atoms with E-state index in [2.05, 4.69) is 0 Å². The molecule has 0 saturated carbocycles. The number of benzene rings is 1. The Bertz CT molecular complexity index is 379. The molecule has 0 radical (unpaired) electrons. The molecular formula is C12H17ClN2O2. The number of rotatable bonds is 4. The summed E-state index contributed by atoms with van der Waals surface area (Å²) < 4.78 is 11.1. The van der Waals surface area contributed by atoms with Crippen LogP contribution in [0, 0.1) is 5.41 Å². The Morgan fingerprint density at radius 3 is 2.88 bits per heavy atom. The molecule has 1 aromatic rings. The van der Waals surface area contributed by atoms with E-state index in [9.17, 15) is 0 Å². The van der Waals surface area contributed by atoms with E-state index in [0.717, 1.165) is 19.4 Å². The molecule has 1 fully saturated rings. The third kappa shape index (κ3) is 3.61. The summed E-state index contributed by atoms with van der Waals surface area (Å²) >= 11 is 0. The topological polar surface area (TPSA) is 68.3 Å². The molecule has 0 bridgehead atoms. The van der Waals surface area contributed by atoms with Crippen molar-refractivity contribution < 1.29 is 9.47 Å². The number of nitrogen functional groups attached to an aromatic ring is 1. The maximum Gasteiger partial charge on any atom is 0.130 e. The van der Waals surface area contributed by atoms with Crippen molar-refractivity contribution in [1.82, 2.24) is 0 Å². The van der Waals surface area contributed by atoms with Crippen LogP contribution in [-0.4, -0.2) is 25.2 Å². The first-order chi connectivity index (χ1) is 7.77. The van der Waals surface area contributed by atoms with Crippen LogP contribution in [0.2, 0.25) is 0 Å². The number of para-hydroxylation sites is 1. The van der Waals surface area contributed by atoms with Crippen molar-refractivity contribution in [3.63, 3.8) is 0 Å². The van der Waals surface area contributed by atoms with Crippen molar-refractivity contribution in [2.45, 2.75) is 18.9 Å². The van der Waals surface area contributed by atoms with Crippen LogP contribution >= 0.6 is 12.4 Å². The molecule has 94 valence electrons. The van der Waals surface area contributed by atoms with Crippen molar-refractivity contribution >= 4 is 18.2 Å². The molecular weight excluding hydrogens is 240 g/mol. The lowest BCUT2D eigenvalue weighted by Crippen LogP contribution is -2.19. The van der Waals surface area contributed by atoms with Gasteiger partial charge in [0.25, 0.3) is 0 Å². The van der Waals surface area contributed by atoms with E-state index in [1.165, 1.54) is 0 Å². The van der Waals surface area contributed by atoms with Crippen molar-refractivity contribution in [3.8, 4) is 5.75 Å². The Balaban J connectivity index is 0.00000144. The highest BCUT2D eigenvalue weighted by molar-refractivity contribution is 5.97. The van der Waals surface area contributed by atoms with Crippen LogP contribution in [0.4, 0.5) is 0 Å². The van der Waals surface area contributed by atoms with E-state index in [1.807, 2.05) is 18.2 Å². The highest BCUT2D eigenvalue weighted by Crippen LogP contribution is 2.19. The summed E-state index contributed by atoms with van der Waals surface area (Å²) in [5.41, 5.74) is 6.11. The second-order valence-corrected chi connectivity index (χ2v) is 3.86. The Morgan fingerprint density at radius 2 is 2.24 bits per heavy atom. The maximum atomic E-state index is 7.43. The first kappa shape index (κ1) is 13.8. The van der Waals surface area contributed by atoms with E-state index in [0.29, 0.717) is 17.9 Å². The van der Waals surface area contributed by atoms with Gasteiger partial charge in [-0.2, -0.15) is 0 Å². The highest BCUT2D eigenvalue weighted by Gasteiger charge is 2.16. The summed E-state index contributed by atoms with van der Waals surface area (Å²) in [6, 6.07) is 7.33. The molecule has 1 heterocycles. The summed E-state index contributed by atoms with van der Waals surface area (Å²) in [5.74, 6) is 0.688. The fourth-order valence-corrected chi connectivity index (χ4v) is 1.77. The van der Waals surface area contributed by atoms with Gasteiger partial charge in [-0.1, -0.05) is 12.1 Å². The third-order valence-electron chi connectivity index (χ3n) is 2.63. The second-order valence-electron chi connectivity index (χ2n) is 3.86. The van der Waals surface area contributed by atoms with Crippen LogP contribution in [0.3, 0.4) is 0 Å². The fraction of sp³-hybridized carbons (Fsp3) is 0.417. The van der Waals surface area contributed by atoms with Gasteiger partial charge in [0, 0.05) is 6.61 Å². The van der Waals surface area contributed by atoms with Crippen molar-refractivity contribution in [2.75, 3.05) is 13.2 Å². The molecule has 0 spiro atoms. The summed E-state index contributed by atoms with van der Waals surface area (Å²) in [6.07, 6.45) is 2.32. The largest absolute Gasteiger partial charge is 0.490 e. The van der Waals surface area contributed by atoms with Gasteiger partial charge in [-0.3, -0.25) is 5.41 Å². The van der Waals surface area contributed by atoms with E-state index in [1.54, 1.807) is 6.07 Å². The zero-order valence-corrected chi connectivity index (χ0v) is 10.3. The van der Waals surface area contributed by atoms with E-state index in [-0.39, 0.29) is 24.3 Å². The molecule has 4 nitrogen and oxygen atoms in total. The van der Waals surface area contributed by atoms with E-state index in [4.69, 9.17) is 20.6 Å². The zero-order valence-electron chi connectivity index (χ0n) is 9.52. The first-order valence-electron chi connectivity index (χ1n) is 5.45. The standard InChI is InChI=1S/C12H16N2O2.ClH/c13-12(14)10-5-1-2-6-11(10)16-8-9-4-3-7-15-9;/h1-2,5-6,9H,3-4,7-8H2,(H3,13,14);1H. The summed E-state index contributed by atoms with van der Waals surface area (Å²) in [7, 11) is 0. The number of halogens is 1. The molecule has 2 rings (SSSR count). The Kier molecular flexibility index (Phi) is 5.25. The second kappa shape index (κ2) is 6.47. The van der Waals surface area contributed by atoms with Crippen LogP contribution in [0.1, 0.15) is 18.4 Å². The molecule has 0 aromatic heterocycles. The normalized spacial score (nSPS) is 18.5. The van der Waals surface area contributed by atoms with Gasteiger partial charge in [-0.05, 0) is 25.0 Å². The number of ether oxygens (including phenoxy) is 2. The number of hydrogen-bond acceptors (Lipinski definition) is 3. The minimum atomic E-state index is 0. The fourth-order valence-electron chi connectivity index (χ4n) is 1.77. The predicted molar refractivity (Wildman–Crippen MR) is 69.2 cm³/mol. The summed E-state index contributed by atoms with van der Waals surface area (Å²) in [5, 5.41) is 7.43. The molecule has 1 aliphatic rings. The predicted octanol–water partition coefficient (Wildman–Crippen LogP) is 1.95. The van der Waals surface area contributed by atoms with Gasteiger partial charge in [-0.15, -0.1) is 12.4 Å². The highest BCUT2D eigenvalue weighted by atomic mass is 35.5. The monoisotopic (exact) mass is 256 g/mol. The number of amidine groups is 1. The average Bonchev–Trinajstić information content (AvgIpc) is 2.79. The van der Waals surface area contributed by atoms with E-state index >= 15 is 0 Å². The van der Waals surface area contributed by atoms with E-state index < -0.39 is 0 Å². The number of nitrogens with two attached hydrogens (primary N) is 1. The molecule has 1 aliphatic heterocycles. The smallest absolute Gasteiger partial charge is 0.130 e. The molecule has 1 saturated heterocycles. The minimum absolute atomic E-state index is 0. The molecule has 1 atom stereocenters. The van der Waals surface area contributed by atoms with Gasteiger partial charge >= 0.3 is 0 Å². The maximum absolute atomic E-state index is 7.43. The molecule has 0 amide bonds. The van der Waals surface area contributed by atoms with Gasteiger partial charge in [-0.25, -0.2) is 0 Å². The van der Waals surface area contributed by atoms with Crippen molar-refractivity contribution in [3.05, 3.63) is 29.8 Å². The quantitative estimate of drug-likeness (QED) is 0.639. The lowest BCUT2D eigenvalue weighted by molar-refractivity contribution is 0.0679. The Labute approximate surface area is 107 Å². The van der Waals surface area contributed by atoms with Gasteiger partial charge in [0.15, 0.2) is 0 Å².